The molecule has 33 heavy (non-hydrogen) atoms. The monoisotopic (exact) mass is 464 g/mol. The number of benzene rings is 2. The van der Waals surface area contributed by atoms with Crippen molar-refractivity contribution in [3.8, 4) is 17.4 Å². The summed E-state index contributed by atoms with van der Waals surface area (Å²) in [6.07, 6.45) is 4.84. The third kappa shape index (κ3) is 4.19. The van der Waals surface area contributed by atoms with Gasteiger partial charge in [0.05, 0.1) is 10.4 Å². The Balaban J connectivity index is 1.32. The van der Waals surface area contributed by atoms with Crippen molar-refractivity contribution in [2.75, 3.05) is 4.72 Å². The van der Waals surface area contributed by atoms with Crippen LogP contribution in [0, 0.1) is 6.92 Å². The molecule has 11 nitrogen and oxygen atoms in total. The van der Waals surface area contributed by atoms with Gasteiger partial charge in [0, 0.05) is 24.1 Å². The highest BCUT2D eigenvalue weighted by atomic mass is 32.2. The van der Waals surface area contributed by atoms with Gasteiger partial charge in [0.25, 0.3) is 10.0 Å². The lowest BCUT2D eigenvalue weighted by atomic mass is 10.3. The van der Waals surface area contributed by atoms with Crippen LogP contribution in [-0.2, 0) is 10.0 Å². The molecule has 0 spiro atoms. The van der Waals surface area contributed by atoms with E-state index in [0.29, 0.717) is 28.7 Å². The molecule has 0 saturated carbocycles. The second-order valence-electron chi connectivity index (χ2n) is 6.96. The van der Waals surface area contributed by atoms with Gasteiger partial charge in [-0.25, -0.2) is 28.2 Å². The average Bonchev–Trinajstić information content (AvgIpc) is 3.39. The summed E-state index contributed by atoms with van der Waals surface area (Å²) in [6.45, 7) is 1.86. The standard InChI is InChI=1S/C21H16N6O5S/c1-13-22-8-9-27(13)19-11-20(24-12-23-19)31-15-4-2-14(3-5-15)26-33(29,30)16-6-7-18-17(10-16)25-21(28)32-18/h2-12,26H,1H3,(H,25,28). The van der Waals surface area contributed by atoms with E-state index in [1.165, 1.54) is 24.5 Å². The lowest BCUT2D eigenvalue weighted by molar-refractivity contribution is 0.461. The fraction of sp³-hybridized carbons (Fsp3) is 0.0476. The first-order chi connectivity index (χ1) is 15.9. The number of aryl methyl sites for hydroxylation is 1. The van der Waals surface area contributed by atoms with Gasteiger partial charge in [-0.15, -0.1) is 0 Å². The highest BCUT2D eigenvalue weighted by molar-refractivity contribution is 7.92. The maximum absolute atomic E-state index is 12.7. The van der Waals surface area contributed by atoms with Crippen molar-refractivity contribution >= 4 is 26.8 Å². The number of imidazole rings is 1. The summed E-state index contributed by atoms with van der Waals surface area (Å²) in [5.41, 5.74) is 0.902. The van der Waals surface area contributed by atoms with Gasteiger partial charge in [-0.3, -0.25) is 14.3 Å². The second kappa shape index (κ2) is 7.91. The number of hydrogen-bond acceptors (Lipinski definition) is 8. The number of sulfonamides is 1. The topological polar surface area (TPSA) is 145 Å². The predicted molar refractivity (Wildman–Crippen MR) is 118 cm³/mol. The predicted octanol–water partition coefficient (Wildman–Crippen LogP) is 3.00. The number of anilines is 1. The van der Waals surface area contributed by atoms with Crippen LogP contribution in [0.15, 0.2) is 81.4 Å². The van der Waals surface area contributed by atoms with Gasteiger partial charge in [-0.1, -0.05) is 0 Å². The van der Waals surface area contributed by atoms with Crippen LogP contribution >= 0.6 is 0 Å². The van der Waals surface area contributed by atoms with E-state index in [2.05, 4.69) is 24.7 Å². The zero-order chi connectivity index (χ0) is 23.0. The second-order valence-corrected chi connectivity index (χ2v) is 8.65. The molecule has 166 valence electrons. The highest BCUT2D eigenvalue weighted by Crippen LogP contribution is 2.25. The molecule has 0 atom stereocenters. The van der Waals surface area contributed by atoms with Gasteiger partial charge in [0.2, 0.25) is 5.88 Å². The summed E-state index contributed by atoms with van der Waals surface area (Å²) < 4.78 is 40.4. The molecule has 0 amide bonds. The van der Waals surface area contributed by atoms with Crippen molar-refractivity contribution in [2.24, 2.45) is 0 Å². The minimum Gasteiger partial charge on any atom is -0.439 e. The Hall–Kier alpha value is -4.45. The number of rotatable bonds is 6. The van der Waals surface area contributed by atoms with Crippen LogP contribution in [0.25, 0.3) is 16.9 Å². The molecule has 3 aromatic heterocycles. The third-order valence-corrected chi connectivity index (χ3v) is 6.11. The SMILES string of the molecule is Cc1nccn1-c1cc(Oc2ccc(NS(=O)(=O)c3ccc4oc(=O)[nH]c4c3)cc2)ncn1. The van der Waals surface area contributed by atoms with E-state index in [1.807, 2.05) is 6.92 Å². The van der Waals surface area contributed by atoms with Gasteiger partial charge in [-0.05, 0) is 49.4 Å². The number of oxazole rings is 1. The summed E-state index contributed by atoms with van der Waals surface area (Å²) in [5.74, 6) is 1.51. The number of hydrogen-bond donors (Lipinski definition) is 2. The molecule has 0 saturated heterocycles. The van der Waals surface area contributed by atoms with Gasteiger partial charge in [-0.2, -0.15) is 0 Å². The molecule has 2 aromatic carbocycles. The Morgan fingerprint density at radius 1 is 1.06 bits per heavy atom. The fourth-order valence-corrected chi connectivity index (χ4v) is 4.25. The molecular weight excluding hydrogens is 448 g/mol. The van der Waals surface area contributed by atoms with E-state index in [1.54, 1.807) is 47.3 Å². The molecule has 3 heterocycles. The Morgan fingerprint density at radius 2 is 1.88 bits per heavy atom. The average molecular weight is 464 g/mol. The van der Waals surface area contributed by atoms with Crippen molar-refractivity contribution in [1.82, 2.24) is 24.5 Å². The molecule has 5 aromatic rings. The highest BCUT2D eigenvalue weighted by Gasteiger charge is 2.16. The first-order valence-corrected chi connectivity index (χ1v) is 11.1. The maximum atomic E-state index is 12.7. The van der Waals surface area contributed by atoms with Crippen LogP contribution in [0.2, 0.25) is 0 Å². The van der Waals surface area contributed by atoms with Crippen LogP contribution in [0.4, 0.5) is 5.69 Å². The number of aromatic nitrogens is 5. The molecule has 0 aliphatic carbocycles. The largest absolute Gasteiger partial charge is 0.439 e. The number of nitrogens with zero attached hydrogens (tertiary/aromatic N) is 4. The fourth-order valence-electron chi connectivity index (χ4n) is 3.16. The molecule has 0 aliphatic rings. The van der Waals surface area contributed by atoms with E-state index in [-0.39, 0.29) is 10.5 Å². The Morgan fingerprint density at radius 3 is 2.64 bits per heavy atom. The molecule has 12 heteroatoms. The zero-order valence-corrected chi connectivity index (χ0v) is 17.9. The number of nitrogens with one attached hydrogen (secondary N) is 2. The van der Waals surface area contributed by atoms with Crippen molar-refractivity contribution in [2.45, 2.75) is 11.8 Å². The summed E-state index contributed by atoms with van der Waals surface area (Å²) in [5, 5.41) is 0. The molecule has 0 bridgehead atoms. The Kier molecular flexibility index (Phi) is 4.90. The lowest BCUT2D eigenvalue weighted by Crippen LogP contribution is -2.12. The number of ether oxygens (including phenoxy) is 1. The molecule has 0 fully saturated rings. The van der Waals surface area contributed by atoms with Crippen molar-refractivity contribution in [3.05, 3.63) is 83.6 Å². The van der Waals surface area contributed by atoms with Gasteiger partial charge < -0.3 is 9.15 Å². The molecular formula is C21H16N6O5S. The maximum Gasteiger partial charge on any atom is 0.417 e. The number of H-pyrrole nitrogens is 1. The lowest BCUT2D eigenvalue weighted by Gasteiger charge is -2.10. The molecule has 0 aliphatic heterocycles. The van der Waals surface area contributed by atoms with E-state index in [9.17, 15) is 13.2 Å². The van der Waals surface area contributed by atoms with E-state index in [0.717, 1.165) is 5.82 Å². The van der Waals surface area contributed by atoms with Crippen molar-refractivity contribution in [3.63, 3.8) is 0 Å². The van der Waals surface area contributed by atoms with Gasteiger partial charge >= 0.3 is 5.76 Å². The van der Waals surface area contributed by atoms with Gasteiger partial charge in [0.15, 0.2) is 5.58 Å². The number of fused-ring (bicyclic) bond motifs is 1. The number of aromatic amines is 1. The van der Waals surface area contributed by atoms with Gasteiger partial charge in [0.1, 0.15) is 23.7 Å². The van der Waals surface area contributed by atoms with E-state index >= 15 is 0 Å². The molecule has 2 N–H and O–H groups in total. The Labute approximate surface area is 186 Å². The van der Waals surface area contributed by atoms with Crippen molar-refractivity contribution < 1.29 is 17.6 Å². The smallest absolute Gasteiger partial charge is 0.417 e. The van der Waals surface area contributed by atoms with E-state index in [4.69, 9.17) is 9.15 Å². The van der Waals surface area contributed by atoms with E-state index < -0.39 is 15.8 Å². The normalized spacial score (nSPS) is 11.5. The van der Waals surface area contributed by atoms with Crippen LogP contribution in [0.1, 0.15) is 5.82 Å². The summed E-state index contributed by atoms with van der Waals surface area (Å²) in [4.78, 5) is 26.2. The molecule has 5 rings (SSSR count). The quantitative estimate of drug-likeness (QED) is 0.390. The first-order valence-electron chi connectivity index (χ1n) is 9.63. The Bertz CT molecular complexity index is 1620. The molecule has 0 unspecified atom stereocenters. The minimum atomic E-state index is -3.89. The van der Waals surface area contributed by atoms with Crippen LogP contribution in [0.3, 0.4) is 0 Å². The minimum absolute atomic E-state index is 0.0179. The molecule has 0 radical (unpaired) electrons. The first kappa shape index (κ1) is 20.5. The summed E-state index contributed by atoms with van der Waals surface area (Å²) in [7, 11) is -3.89. The van der Waals surface area contributed by atoms with Crippen molar-refractivity contribution in [1.29, 1.82) is 0 Å². The van der Waals surface area contributed by atoms with Crippen LogP contribution in [0.5, 0.6) is 11.6 Å². The third-order valence-electron chi connectivity index (χ3n) is 4.73. The zero-order valence-electron chi connectivity index (χ0n) is 17.1. The van der Waals surface area contributed by atoms with Crippen LogP contribution < -0.4 is 15.2 Å². The summed E-state index contributed by atoms with van der Waals surface area (Å²) >= 11 is 0. The summed E-state index contributed by atoms with van der Waals surface area (Å²) in [6, 6.07) is 12.1. The van der Waals surface area contributed by atoms with Crippen LogP contribution in [-0.4, -0.2) is 32.9 Å².